The minimum atomic E-state index is -3.38. The van der Waals surface area contributed by atoms with Gasteiger partial charge in [0.2, 0.25) is 5.91 Å². The topological polar surface area (TPSA) is 116 Å². The van der Waals surface area contributed by atoms with Crippen molar-refractivity contribution in [3.05, 3.63) is 59.7 Å². The molecule has 2 amide bonds. The van der Waals surface area contributed by atoms with Crippen LogP contribution in [0.4, 0.5) is 13.6 Å². The Morgan fingerprint density at radius 1 is 1.06 bits per heavy atom. The molecule has 4 atom stereocenters. The number of likely N-dealkylation sites (tertiary alicyclic amines) is 1. The standard InChI is InChI=1S/C25H24F2N2O6/c26-25(27)19(21(25)22(31)29-11-13(30)9-20(29)23(32)33)10-28-24(34)35-12-18-16-7-3-1-5-14(16)15-6-2-4-8-17(15)18/h1-8,13,18-21,30H,9-12H2,(H,28,34)(H,32,33)/t13-,19?,20+,21?/m1/s1. The normalized spacial score (nSPS) is 26.1. The zero-order valence-corrected chi connectivity index (χ0v) is 18.6. The molecule has 8 nitrogen and oxygen atoms in total. The molecule has 184 valence electrons. The molecule has 2 aliphatic carbocycles. The number of benzene rings is 2. The monoisotopic (exact) mass is 486 g/mol. The number of halogens is 2. The molecular formula is C25H24F2N2O6. The van der Waals surface area contributed by atoms with Crippen molar-refractivity contribution in [3.8, 4) is 11.1 Å². The van der Waals surface area contributed by atoms with Gasteiger partial charge in [-0.25, -0.2) is 18.4 Å². The molecule has 1 aliphatic heterocycles. The van der Waals surface area contributed by atoms with Gasteiger partial charge in [-0.15, -0.1) is 0 Å². The lowest BCUT2D eigenvalue weighted by Crippen LogP contribution is -2.42. The van der Waals surface area contributed by atoms with Crippen LogP contribution in [-0.4, -0.2) is 70.8 Å². The molecule has 0 radical (unpaired) electrons. The number of β-amino-alcohol motifs (C(OH)–C–C–N with tert-alkyl or cyclic N) is 1. The van der Waals surface area contributed by atoms with E-state index in [1.165, 1.54) is 0 Å². The molecule has 35 heavy (non-hydrogen) atoms. The summed E-state index contributed by atoms with van der Waals surface area (Å²) in [5.74, 6) is -9.17. The number of hydrogen-bond acceptors (Lipinski definition) is 5. The summed E-state index contributed by atoms with van der Waals surface area (Å²) in [4.78, 5) is 37.0. The van der Waals surface area contributed by atoms with Crippen LogP contribution >= 0.6 is 0 Å². The van der Waals surface area contributed by atoms with Gasteiger partial charge in [0.25, 0.3) is 5.92 Å². The molecule has 3 N–H and O–H groups in total. The summed E-state index contributed by atoms with van der Waals surface area (Å²) in [6, 6.07) is 14.2. The average Bonchev–Trinajstić information content (AvgIpc) is 3.11. The van der Waals surface area contributed by atoms with Crippen LogP contribution in [0.5, 0.6) is 0 Å². The number of nitrogens with zero attached hydrogens (tertiary/aromatic N) is 1. The van der Waals surface area contributed by atoms with Gasteiger partial charge in [-0.2, -0.15) is 0 Å². The molecule has 1 saturated heterocycles. The quantitative estimate of drug-likeness (QED) is 0.578. The highest BCUT2D eigenvalue weighted by molar-refractivity contribution is 5.89. The highest BCUT2D eigenvalue weighted by Gasteiger charge is 2.73. The number of carboxylic acids is 1. The summed E-state index contributed by atoms with van der Waals surface area (Å²) < 4.78 is 34.0. The number of aliphatic hydroxyl groups excluding tert-OH is 1. The van der Waals surface area contributed by atoms with Crippen LogP contribution in [0.3, 0.4) is 0 Å². The molecule has 2 fully saturated rings. The highest BCUT2D eigenvalue weighted by atomic mass is 19.3. The van der Waals surface area contributed by atoms with Crippen LogP contribution in [-0.2, 0) is 14.3 Å². The molecule has 0 bridgehead atoms. The molecule has 1 heterocycles. The summed E-state index contributed by atoms with van der Waals surface area (Å²) >= 11 is 0. The van der Waals surface area contributed by atoms with Crippen molar-refractivity contribution in [2.45, 2.75) is 30.4 Å². The zero-order valence-electron chi connectivity index (χ0n) is 18.6. The first kappa shape index (κ1) is 23.2. The van der Waals surface area contributed by atoms with E-state index in [1.54, 1.807) is 0 Å². The van der Waals surface area contributed by atoms with E-state index >= 15 is 0 Å². The first-order chi connectivity index (χ1) is 16.7. The van der Waals surface area contributed by atoms with Gasteiger partial charge in [-0.05, 0) is 22.3 Å². The molecule has 2 aromatic carbocycles. The zero-order chi connectivity index (χ0) is 24.9. The number of carbonyl (C=O) groups is 3. The molecular weight excluding hydrogens is 462 g/mol. The first-order valence-electron chi connectivity index (χ1n) is 11.4. The van der Waals surface area contributed by atoms with E-state index in [0.29, 0.717) is 0 Å². The van der Waals surface area contributed by atoms with Crippen molar-refractivity contribution in [2.75, 3.05) is 19.7 Å². The lowest BCUT2D eigenvalue weighted by Gasteiger charge is -2.21. The van der Waals surface area contributed by atoms with Crippen LogP contribution in [0, 0.1) is 11.8 Å². The van der Waals surface area contributed by atoms with E-state index in [2.05, 4.69) is 5.32 Å². The fourth-order valence-corrected chi connectivity index (χ4v) is 5.29. The second kappa shape index (κ2) is 8.60. The molecule has 2 aromatic rings. The first-order valence-corrected chi connectivity index (χ1v) is 11.4. The number of carboxylic acid groups (broad SMARTS) is 1. The minimum absolute atomic E-state index is 0.0231. The fraction of sp³-hybridized carbons (Fsp3) is 0.400. The Hall–Kier alpha value is -3.53. The van der Waals surface area contributed by atoms with Crippen LogP contribution in [0.15, 0.2) is 48.5 Å². The van der Waals surface area contributed by atoms with E-state index in [4.69, 9.17) is 4.74 Å². The van der Waals surface area contributed by atoms with Crippen molar-refractivity contribution >= 4 is 18.0 Å². The smallest absolute Gasteiger partial charge is 0.407 e. The summed E-state index contributed by atoms with van der Waals surface area (Å²) in [5.41, 5.74) is 4.15. The van der Waals surface area contributed by atoms with Gasteiger partial charge in [0.05, 0.1) is 12.0 Å². The van der Waals surface area contributed by atoms with Gasteiger partial charge in [0.15, 0.2) is 0 Å². The maximum atomic E-state index is 14.4. The Morgan fingerprint density at radius 3 is 2.26 bits per heavy atom. The average molecular weight is 486 g/mol. The Morgan fingerprint density at radius 2 is 1.66 bits per heavy atom. The maximum Gasteiger partial charge on any atom is 0.407 e. The number of aliphatic hydroxyl groups is 1. The number of hydrogen-bond donors (Lipinski definition) is 3. The molecule has 0 spiro atoms. The number of fused-ring (bicyclic) bond motifs is 3. The van der Waals surface area contributed by atoms with E-state index < -0.39 is 54.4 Å². The van der Waals surface area contributed by atoms with Crippen LogP contribution in [0.2, 0.25) is 0 Å². The van der Waals surface area contributed by atoms with Gasteiger partial charge in [0, 0.05) is 25.4 Å². The molecule has 3 aliphatic rings. The number of rotatable bonds is 6. The van der Waals surface area contributed by atoms with Gasteiger partial charge < -0.3 is 25.2 Å². The third-order valence-corrected chi connectivity index (χ3v) is 7.13. The summed E-state index contributed by atoms with van der Waals surface area (Å²) in [5, 5.41) is 21.2. The third kappa shape index (κ3) is 4.01. The van der Waals surface area contributed by atoms with Crippen molar-refractivity contribution in [1.29, 1.82) is 0 Å². The number of alkyl carbamates (subject to hydrolysis) is 1. The van der Waals surface area contributed by atoms with E-state index in [0.717, 1.165) is 27.2 Å². The SMILES string of the molecule is O=C(NCC1C(C(=O)N2C[C@H](O)C[C@H]2C(=O)O)C1(F)F)OCC1c2ccccc2-c2ccccc21. The molecule has 0 aromatic heterocycles. The van der Waals surface area contributed by atoms with E-state index in [1.807, 2.05) is 48.5 Å². The molecule has 10 heteroatoms. The Balaban J connectivity index is 1.18. The number of ether oxygens (including phenoxy) is 1. The van der Waals surface area contributed by atoms with E-state index in [9.17, 15) is 33.4 Å². The van der Waals surface area contributed by atoms with Crippen molar-refractivity contribution in [1.82, 2.24) is 10.2 Å². The molecule has 5 rings (SSSR count). The number of carbonyl (C=O) groups excluding carboxylic acids is 2. The Kier molecular flexibility index (Phi) is 5.71. The number of nitrogens with one attached hydrogen (secondary N) is 1. The number of amides is 2. The van der Waals surface area contributed by atoms with Gasteiger partial charge in [-0.1, -0.05) is 48.5 Å². The second-order valence-corrected chi connectivity index (χ2v) is 9.20. The van der Waals surface area contributed by atoms with Crippen molar-refractivity contribution < 1.29 is 38.1 Å². The molecule has 2 unspecified atom stereocenters. The lowest BCUT2D eigenvalue weighted by molar-refractivity contribution is -0.149. The van der Waals surface area contributed by atoms with E-state index in [-0.39, 0.29) is 25.5 Å². The second-order valence-electron chi connectivity index (χ2n) is 9.20. The van der Waals surface area contributed by atoms with Crippen molar-refractivity contribution in [2.24, 2.45) is 11.8 Å². The predicted molar refractivity (Wildman–Crippen MR) is 119 cm³/mol. The fourth-order valence-electron chi connectivity index (χ4n) is 5.29. The van der Waals surface area contributed by atoms with Crippen LogP contribution in [0.25, 0.3) is 11.1 Å². The maximum absolute atomic E-state index is 14.4. The molecule has 1 saturated carbocycles. The summed E-state index contributed by atoms with van der Waals surface area (Å²) in [7, 11) is 0. The largest absolute Gasteiger partial charge is 0.480 e. The van der Waals surface area contributed by atoms with Crippen LogP contribution in [0.1, 0.15) is 23.5 Å². The summed E-state index contributed by atoms with van der Waals surface area (Å²) in [6.07, 6.45) is -2.16. The van der Waals surface area contributed by atoms with Crippen molar-refractivity contribution in [3.63, 3.8) is 0 Å². The Labute approximate surface area is 199 Å². The van der Waals surface area contributed by atoms with Gasteiger partial charge in [-0.3, -0.25) is 4.79 Å². The predicted octanol–water partition coefficient (Wildman–Crippen LogP) is 2.45. The minimum Gasteiger partial charge on any atom is -0.480 e. The Bertz CT molecular complexity index is 1140. The van der Waals surface area contributed by atoms with Crippen LogP contribution < -0.4 is 5.32 Å². The summed E-state index contributed by atoms with van der Waals surface area (Å²) in [6.45, 7) is -0.779. The highest BCUT2D eigenvalue weighted by Crippen LogP contribution is 2.56. The third-order valence-electron chi connectivity index (χ3n) is 7.13. The number of aliphatic carboxylic acids is 1. The van der Waals surface area contributed by atoms with Gasteiger partial charge >= 0.3 is 12.1 Å². The van der Waals surface area contributed by atoms with Gasteiger partial charge in [0.1, 0.15) is 18.6 Å². The number of alkyl halides is 2. The lowest BCUT2D eigenvalue weighted by atomic mass is 9.98.